The molecule has 2 fully saturated rings. The van der Waals surface area contributed by atoms with Crippen molar-refractivity contribution in [3.8, 4) is 0 Å². The highest BCUT2D eigenvalue weighted by atomic mass is 35.5. The van der Waals surface area contributed by atoms with Crippen molar-refractivity contribution in [2.24, 2.45) is 12.5 Å². The first-order valence-electron chi connectivity index (χ1n) is 9.08. The maximum absolute atomic E-state index is 12.7. The number of aliphatic hydroxyl groups excluding tert-OH is 1. The highest BCUT2D eigenvalue weighted by Gasteiger charge is 2.43. The van der Waals surface area contributed by atoms with Crippen molar-refractivity contribution in [3.63, 3.8) is 0 Å². The van der Waals surface area contributed by atoms with Gasteiger partial charge in [0, 0.05) is 44.2 Å². The molecule has 0 aliphatic carbocycles. The topological polar surface area (TPSA) is 70.4 Å². The Kier molecular flexibility index (Phi) is 6.51. The molecule has 2 aliphatic rings. The number of aryl methyl sites for hydroxylation is 2. The molecule has 1 spiro atoms. The number of halogens is 1. The van der Waals surface area contributed by atoms with Crippen molar-refractivity contribution < 1.29 is 9.90 Å². The third-order valence-electron chi connectivity index (χ3n) is 5.99. The number of hydrogen-bond donors (Lipinski definition) is 2. The fourth-order valence-electron chi connectivity index (χ4n) is 4.36. The molecule has 6 nitrogen and oxygen atoms in total. The van der Waals surface area contributed by atoms with Gasteiger partial charge in [-0.1, -0.05) is 0 Å². The molecule has 1 aromatic rings. The second-order valence-electron chi connectivity index (χ2n) is 7.54. The van der Waals surface area contributed by atoms with E-state index in [-0.39, 0.29) is 29.8 Å². The van der Waals surface area contributed by atoms with Gasteiger partial charge in [0.05, 0.1) is 11.8 Å². The van der Waals surface area contributed by atoms with Crippen LogP contribution in [0.2, 0.25) is 0 Å². The van der Waals surface area contributed by atoms with Crippen LogP contribution in [-0.4, -0.2) is 58.0 Å². The lowest BCUT2D eigenvalue weighted by Crippen LogP contribution is -2.58. The lowest BCUT2D eigenvalue weighted by Gasteiger charge is -2.48. The van der Waals surface area contributed by atoms with Crippen LogP contribution < -0.4 is 5.32 Å². The maximum atomic E-state index is 12.7. The maximum Gasteiger partial charge on any atom is 0.222 e. The molecule has 1 amide bonds. The Morgan fingerprint density at radius 3 is 2.84 bits per heavy atom. The highest BCUT2D eigenvalue weighted by molar-refractivity contribution is 5.85. The van der Waals surface area contributed by atoms with Crippen LogP contribution in [0.1, 0.15) is 42.6 Å². The van der Waals surface area contributed by atoms with Gasteiger partial charge in [-0.25, -0.2) is 0 Å². The molecule has 7 heteroatoms. The molecule has 25 heavy (non-hydrogen) atoms. The number of nitrogens with zero attached hydrogens (tertiary/aromatic N) is 3. The van der Waals surface area contributed by atoms with Crippen molar-refractivity contribution >= 4 is 18.3 Å². The van der Waals surface area contributed by atoms with E-state index in [2.05, 4.69) is 17.3 Å². The van der Waals surface area contributed by atoms with E-state index >= 15 is 0 Å². The molecule has 0 radical (unpaired) electrons. The van der Waals surface area contributed by atoms with Crippen LogP contribution in [0.3, 0.4) is 0 Å². The lowest BCUT2D eigenvalue weighted by atomic mass is 9.72. The van der Waals surface area contributed by atoms with E-state index in [1.54, 1.807) is 0 Å². The van der Waals surface area contributed by atoms with E-state index in [0.29, 0.717) is 13.0 Å². The molecule has 2 aliphatic heterocycles. The summed E-state index contributed by atoms with van der Waals surface area (Å²) in [4.78, 5) is 14.7. The number of carbonyl (C=O) groups is 1. The van der Waals surface area contributed by atoms with Crippen LogP contribution in [0.5, 0.6) is 0 Å². The van der Waals surface area contributed by atoms with E-state index in [1.165, 1.54) is 5.56 Å². The summed E-state index contributed by atoms with van der Waals surface area (Å²) in [5, 5.41) is 18.3. The summed E-state index contributed by atoms with van der Waals surface area (Å²) >= 11 is 0. The number of nitrogens with one attached hydrogen (secondary N) is 1. The molecule has 0 aromatic carbocycles. The zero-order chi connectivity index (χ0) is 17.3. The monoisotopic (exact) mass is 370 g/mol. The predicted molar refractivity (Wildman–Crippen MR) is 100.0 cm³/mol. The quantitative estimate of drug-likeness (QED) is 0.842. The summed E-state index contributed by atoms with van der Waals surface area (Å²) in [5.74, 6) is 0.203. The molecule has 142 valence electrons. The van der Waals surface area contributed by atoms with Crippen LogP contribution in [0, 0.1) is 19.3 Å². The molecule has 2 N–H and O–H groups in total. The minimum Gasteiger partial charge on any atom is -0.392 e. The Bertz CT molecular complexity index is 614. The lowest BCUT2D eigenvalue weighted by molar-refractivity contribution is -0.138. The fraction of sp³-hybridized carbons (Fsp3) is 0.778. The third-order valence-corrected chi connectivity index (χ3v) is 5.99. The second-order valence-corrected chi connectivity index (χ2v) is 7.54. The number of likely N-dealkylation sites (tertiary alicyclic amines) is 1. The summed E-state index contributed by atoms with van der Waals surface area (Å²) in [6.07, 6.45) is 3.75. The molecule has 2 saturated heterocycles. The van der Waals surface area contributed by atoms with Gasteiger partial charge in [0.2, 0.25) is 5.91 Å². The molecule has 3 heterocycles. The van der Waals surface area contributed by atoms with E-state index in [4.69, 9.17) is 0 Å². The standard InChI is InChI=1S/C18H30N4O2.ClH/c1-13-15(14(2)21(3)20-13)5-6-17(24)22-10-4-8-18(12-22)11-19-9-7-16(18)23;/h16,19,23H,4-12H2,1-3H3;1H/t16-,18-;/m0./s1. The number of hydrogen-bond acceptors (Lipinski definition) is 4. The fourth-order valence-corrected chi connectivity index (χ4v) is 4.36. The Labute approximate surface area is 156 Å². The molecule has 2 atom stereocenters. The van der Waals surface area contributed by atoms with Gasteiger partial charge < -0.3 is 15.3 Å². The number of piperidine rings is 2. The first-order valence-corrected chi connectivity index (χ1v) is 9.08. The van der Waals surface area contributed by atoms with Crippen molar-refractivity contribution in [1.29, 1.82) is 0 Å². The van der Waals surface area contributed by atoms with Gasteiger partial charge in [-0.05, 0) is 51.6 Å². The molecule has 0 unspecified atom stereocenters. The predicted octanol–water partition coefficient (Wildman–Crippen LogP) is 1.35. The average Bonchev–Trinajstić information content (AvgIpc) is 2.81. The molecule has 0 saturated carbocycles. The Hall–Kier alpha value is -1.11. The SMILES string of the molecule is Cc1nn(C)c(C)c1CCC(=O)N1CCC[C@]2(CNCC[C@@H]2O)C1.Cl. The largest absolute Gasteiger partial charge is 0.392 e. The Balaban J connectivity index is 0.00000225. The van der Waals surface area contributed by atoms with Crippen LogP contribution in [-0.2, 0) is 18.3 Å². The molecular weight excluding hydrogens is 340 g/mol. The first-order chi connectivity index (χ1) is 11.4. The Morgan fingerprint density at radius 2 is 2.20 bits per heavy atom. The van der Waals surface area contributed by atoms with Crippen molar-refractivity contribution in [2.45, 2.75) is 52.1 Å². The van der Waals surface area contributed by atoms with E-state index in [1.807, 2.05) is 23.6 Å². The Morgan fingerprint density at radius 1 is 1.44 bits per heavy atom. The van der Waals surface area contributed by atoms with E-state index in [9.17, 15) is 9.90 Å². The van der Waals surface area contributed by atoms with Crippen molar-refractivity contribution in [3.05, 3.63) is 17.0 Å². The van der Waals surface area contributed by atoms with Gasteiger partial charge in [0.1, 0.15) is 0 Å². The summed E-state index contributed by atoms with van der Waals surface area (Å²) in [6, 6.07) is 0. The number of aromatic nitrogens is 2. The second kappa shape index (κ2) is 8.06. The number of amides is 1. The van der Waals surface area contributed by atoms with Gasteiger partial charge in [-0.3, -0.25) is 9.48 Å². The zero-order valence-corrected chi connectivity index (χ0v) is 16.4. The van der Waals surface area contributed by atoms with Gasteiger partial charge in [0.15, 0.2) is 0 Å². The number of carbonyl (C=O) groups excluding carboxylic acids is 1. The van der Waals surface area contributed by atoms with Gasteiger partial charge in [-0.2, -0.15) is 5.10 Å². The van der Waals surface area contributed by atoms with E-state index < -0.39 is 0 Å². The zero-order valence-electron chi connectivity index (χ0n) is 15.5. The van der Waals surface area contributed by atoms with E-state index in [0.717, 1.165) is 56.7 Å². The first kappa shape index (κ1) is 20.2. The van der Waals surface area contributed by atoms with Gasteiger partial charge in [0.25, 0.3) is 0 Å². The van der Waals surface area contributed by atoms with Crippen molar-refractivity contribution in [2.75, 3.05) is 26.2 Å². The summed E-state index contributed by atoms with van der Waals surface area (Å²) < 4.78 is 1.88. The normalized spacial score (nSPS) is 26.6. The smallest absolute Gasteiger partial charge is 0.222 e. The summed E-state index contributed by atoms with van der Waals surface area (Å²) in [5.41, 5.74) is 3.20. The van der Waals surface area contributed by atoms with Gasteiger partial charge in [-0.15, -0.1) is 12.4 Å². The van der Waals surface area contributed by atoms with Crippen molar-refractivity contribution in [1.82, 2.24) is 20.0 Å². The number of rotatable bonds is 3. The molecule has 3 rings (SSSR count). The summed E-state index contributed by atoms with van der Waals surface area (Å²) in [6.45, 7) is 7.25. The minimum absolute atomic E-state index is 0. The molecule has 1 aromatic heterocycles. The minimum atomic E-state index is -0.294. The molecule has 0 bridgehead atoms. The molecular formula is C18H31ClN4O2. The average molecular weight is 371 g/mol. The number of aliphatic hydroxyl groups is 1. The van der Waals surface area contributed by atoms with Crippen LogP contribution in [0.4, 0.5) is 0 Å². The van der Waals surface area contributed by atoms with Crippen LogP contribution in [0.25, 0.3) is 0 Å². The van der Waals surface area contributed by atoms with Crippen LogP contribution >= 0.6 is 12.4 Å². The third kappa shape index (κ3) is 4.01. The van der Waals surface area contributed by atoms with Gasteiger partial charge >= 0.3 is 0 Å². The summed E-state index contributed by atoms with van der Waals surface area (Å²) in [7, 11) is 1.94. The highest BCUT2D eigenvalue weighted by Crippen LogP contribution is 2.36. The van der Waals surface area contributed by atoms with Crippen LogP contribution in [0.15, 0.2) is 0 Å².